The lowest BCUT2D eigenvalue weighted by molar-refractivity contribution is 0.0526. The Kier molecular flexibility index (Phi) is 6.81. The van der Waals surface area contributed by atoms with Crippen molar-refractivity contribution in [1.82, 2.24) is 9.99 Å². The van der Waals surface area contributed by atoms with E-state index in [1.165, 1.54) is 30.5 Å². The number of halogens is 1. The number of urea groups is 1. The third-order valence-corrected chi connectivity index (χ3v) is 4.56. The molecule has 0 spiro atoms. The topological polar surface area (TPSA) is 84.7 Å². The molecule has 3 rings (SSSR count). The van der Waals surface area contributed by atoms with Crippen LogP contribution in [0.1, 0.15) is 34.2 Å². The lowest BCUT2D eigenvalue weighted by Gasteiger charge is -2.11. The number of aryl methyl sites for hydroxylation is 1. The van der Waals surface area contributed by atoms with Gasteiger partial charge in [-0.1, -0.05) is 6.07 Å². The van der Waals surface area contributed by atoms with Gasteiger partial charge in [-0.05, 0) is 69.3 Å². The molecule has 2 aromatic carbocycles. The fourth-order valence-corrected chi connectivity index (χ4v) is 3.15. The second-order valence-electron chi connectivity index (χ2n) is 6.76. The molecule has 31 heavy (non-hydrogen) atoms. The molecule has 0 aliphatic heterocycles. The van der Waals surface area contributed by atoms with Crippen molar-refractivity contribution in [3.8, 4) is 5.69 Å². The molecule has 0 radical (unpaired) electrons. The molecular weight excluding hydrogens is 399 g/mol. The van der Waals surface area contributed by atoms with Crippen LogP contribution in [0.5, 0.6) is 0 Å². The molecule has 0 saturated carbocycles. The number of rotatable bonds is 6. The van der Waals surface area contributed by atoms with E-state index >= 15 is 0 Å². The highest BCUT2D eigenvalue weighted by Crippen LogP contribution is 2.21. The Hall–Kier alpha value is -3.94. The number of hydrogen-bond donors (Lipinski definition) is 2. The average Bonchev–Trinajstić information content (AvgIpc) is 3.03. The summed E-state index contributed by atoms with van der Waals surface area (Å²) in [4.78, 5) is 24.0. The van der Waals surface area contributed by atoms with E-state index in [9.17, 15) is 14.0 Å². The zero-order chi connectivity index (χ0) is 22.4. The number of benzene rings is 2. The molecule has 0 aliphatic rings. The van der Waals surface area contributed by atoms with Crippen LogP contribution in [0.4, 0.5) is 14.9 Å². The Balaban J connectivity index is 1.72. The lowest BCUT2D eigenvalue weighted by Crippen LogP contribution is -2.24. The standard InChI is InChI=1S/C23H23FN4O3/c1-4-31-22(29)17-6-5-7-21(13-17)28-15(2)12-18(16(28)3)14-25-27-23(30)26-20-10-8-19(24)9-11-20/h5-14H,4H2,1-3H3,(H2,26,27,30)/b25-14+. The summed E-state index contributed by atoms with van der Waals surface area (Å²) < 4.78 is 20.0. The van der Waals surface area contributed by atoms with Crippen molar-refractivity contribution in [2.75, 3.05) is 11.9 Å². The number of ether oxygens (including phenoxy) is 1. The summed E-state index contributed by atoms with van der Waals surface area (Å²) in [6.45, 7) is 5.94. The van der Waals surface area contributed by atoms with Crippen LogP contribution in [0.2, 0.25) is 0 Å². The molecule has 0 aliphatic carbocycles. The summed E-state index contributed by atoms with van der Waals surface area (Å²) in [7, 11) is 0. The minimum absolute atomic E-state index is 0.312. The number of aromatic nitrogens is 1. The summed E-state index contributed by atoms with van der Waals surface area (Å²) in [5.41, 5.74) is 6.77. The molecule has 0 bridgehead atoms. The van der Waals surface area contributed by atoms with Crippen LogP contribution in [-0.4, -0.2) is 29.4 Å². The van der Waals surface area contributed by atoms with Crippen LogP contribution in [0.25, 0.3) is 5.69 Å². The van der Waals surface area contributed by atoms with Crippen molar-refractivity contribution in [1.29, 1.82) is 0 Å². The van der Waals surface area contributed by atoms with Crippen LogP contribution in [0, 0.1) is 19.7 Å². The zero-order valence-corrected chi connectivity index (χ0v) is 17.5. The Morgan fingerprint density at radius 1 is 1.13 bits per heavy atom. The number of esters is 1. The van der Waals surface area contributed by atoms with E-state index < -0.39 is 6.03 Å². The van der Waals surface area contributed by atoms with Crippen LogP contribution in [0.15, 0.2) is 59.7 Å². The Labute approximate surface area is 179 Å². The van der Waals surface area contributed by atoms with Crippen LogP contribution in [0.3, 0.4) is 0 Å². The number of anilines is 1. The molecule has 0 atom stereocenters. The number of carbonyl (C=O) groups is 2. The lowest BCUT2D eigenvalue weighted by atomic mass is 10.2. The molecule has 0 saturated heterocycles. The largest absolute Gasteiger partial charge is 0.462 e. The second-order valence-corrected chi connectivity index (χ2v) is 6.76. The van der Waals surface area contributed by atoms with E-state index in [0.717, 1.165) is 22.6 Å². The average molecular weight is 422 g/mol. The van der Waals surface area contributed by atoms with Crippen molar-refractivity contribution in [3.05, 3.63) is 82.9 Å². The van der Waals surface area contributed by atoms with E-state index in [2.05, 4.69) is 15.8 Å². The maximum absolute atomic E-state index is 12.9. The molecule has 1 heterocycles. The maximum Gasteiger partial charge on any atom is 0.339 e. The Morgan fingerprint density at radius 2 is 1.87 bits per heavy atom. The number of nitrogens with zero attached hydrogens (tertiary/aromatic N) is 2. The van der Waals surface area contributed by atoms with E-state index in [-0.39, 0.29) is 11.8 Å². The van der Waals surface area contributed by atoms with Crippen molar-refractivity contribution >= 4 is 23.9 Å². The zero-order valence-electron chi connectivity index (χ0n) is 17.5. The van der Waals surface area contributed by atoms with Gasteiger partial charge in [-0.25, -0.2) is 19.4 Å². The van der Waals surface area contributed by atoms with Gasteiger partial charge in [0.2, 0.25) is 0 Å². The van der Waals surface area contributed by atoms with Gasteiger partial charge in [-0.15, -0.1) is 0 Å². The first kappa shape index (κ1) is 21.8. The van der Waals surface area contributed by atoms with Crippen molar-refractivity contribution in [2.24, 2.45) is 5.10 Å². The number of nitrogens with one attached hydrogen (secondary N) is 2. The molecule has 1 aromatic heterocycles. The van der Waals surface area contributed by atoms with Gasteiger partial charge in [-0.2, -0.15) is 5.10 Å². The van der Waals surface area contributed by atoms with Gasteiger partial charge >= 0.3 is 12.0 Å². The summed E-state index contributed by atoms with van der Waals surface area (Å²) in [5.74, 6) is -0.753. The highest BCUT2D eigenvalue weighted by Gasteiger charge is 2.12. The number of carbonyl (C=O) groups excluding carboxylic acids is 2. The molecule has 0 unspecified atom stereocenters. The van der Waals surface area contributed by atoms with Gasteiger partial charge in [0.15, 0.2) is 0 Å². The third-order valence-electron chi connectivity index (χ3n) is 4.56. The fraction of sp³-hybridized carbons (Fsp3) is 0.174. The predicted octanol–water partition coefficient (Wildman–Crippen LogP) is 4.57. The fourth-order valence-electron chi connectivity index (χ4n) is 3.15. The van der Waals surface area contributed by atoms with Gasteiger partial charge in [0.1, 0.15) is 5.82 Å². The van der Waals surface area contributed by atoms with Gasteiger partial charge in [0.25, 0.3) is 0 Å². The molecule has 2 amide bonds. The first-order valence-corrected chi connectivity index (χ1v) is 9.71. The van der Waals surface area contributed by atoms with Gasteiger partial charge in [0.05, 0.1) is 18.4 Å². The number of hydrogen-bond acceptors (Lipinski definition) is 4. The minimum atomic E-state index is -0.543. The minimum Gasteiger partial charge on any atom is -0.462 e. The molecule has 0 fully saturated rings. The first-order valence-electron chi connectivity index (χ1n) is 9.71. The van der Waals surface area contributed by atoms with Crippen LogP contribution in [-0.2, 0) is 4.74 Å². The quantitative estimate of drug-likeness (QED) is 0.347. The first-order chi connectivity index (χ1) is 14.9. The number of amides is 2. The highest BCUT2D eigenvalue weighted by molar-refractivity contribution is 5.91. The second kappa shape index (κ2) is 9.71. The molecule has 2 N–H and O–H groups in total. The normalized spacial score (nSPS) is 10.8. The van der Waals surface area contributed by atoms with Crippen LogP contribution >= 0.6 is 0 Å². The molecule has 3 aromatic rings. The predicted molar refractivity (Wildman–Crippen MR) is 117 cm³/mol. The van der Waals surface area contributed by atoms with Crippen molar-refractivity contribution < 1.29 is 18.7 Å². The van der Waals surface area contributed by atoms with E-state index in [0.29, 0.717) is 17.9 Å². The summed E-state index contributed by atoms with van der Waals surface area (Å²) in [5, 5.41) is 6.55. The summed E-state index contributed by atoms with van der Waals surface area (Å²) >= 11 is 0. The highest BCUT2D eigenvalue weighted by atomic mass is 19.1. The SMILES string of the molecule is CCOC(=O)c1cccc(-n2c(C)cc(/C=N/NC(=O)Nc3ccc(F)cc3)c2C)c1. The summed E-state index contributed by atoms with van der Waals surface area (Å²) in [6, 6.07) is 14.0. The molecule has 160 valence electrons. The Morgan fingerprint density at radius 3 is 2.58 bits per heavy atom. The van der Waals surface area contributed by atoms with Crippen molar-refractivity contribution in [2.45, 2.75) is 20.8 Å². The van der Waals surface area contributed by atoms with E-state index in [4.69, 9.17) is 4.74 Å². The van der Waals surface area contributed by atoms with Gasteiger partial charge < -0.3 is 14.6 Å². The summed E-state index contributed by atoms with van der Waals surface area (Å²) in [6.07, 6.45) is 1.54. The van der Waals surface area contributed by atoms with Crippen molar-refractivity contribution in [3.63, 3.8) is 0 Å². The van der Waals surface area contributed by atoms with E-state index in [1.54, 1.807) is 25.1 Å². The molecule has 8 heteroatoms. The smallest absolute Gasteiger partial charge is 0.339 e. The Bertz CT molecular complexity index is 1120. The third kappa shape index (κ3) is 5.36. The van der Waals surface area contributed by atoms with Gasteiger partial charge in [-0.3, -0.25) is 0 Å². The molecular formula is C23H23FN4O3. The van der Waals surface area contributed by atoms with Crippen LogP contribution < -0.4 is 10.7 Å². The maximum atomic E-state index is 12.9. The van der Waals surface area contributed by atoms with E-state index in [1.807, 2.05) is 30.5 Å². The number of hydrazone groups is 1. The monoisotopic (exact) mass is 422 g/mol. The van der Waals surface area contributed by atoms with Gasteiger partial charge in [0, 0.05) is 28.3 Å². The molecule has 7 nitrogen and oxygen atoms in total.